The van der Waals surface area contributed by atoms with Gasteiger partial charge in [-0.2, -0.15) is 0 Å². The molecule has 6 rings (SSSR count). The van der Waals surface area contributed by atoms with Crippen LogP contribution < -0.4 is 10.0 Å². The summed E-state index contributed by atoms with van der Waals surface area (Å²) >= 11 is 0. The van der Waals surface area contributed by atoms with Crippen LogP contribution in [0.4, 0.5) is 5.69 Å². The monoisotopic (exact) mass is 414 g/mol. The number of hydrogen-bond donors (Lipinski definition) is 2. The first-order valence-corrected chi connectivity index (χ1v) is 11.8. The molecule has 154 valence electrons. The Morgan fingerprint density at radius 2 is 1.59 bits per heavy atom. The van der Waals surface area contributed by atoms with Gasteiger partial charge in [0, 0.05) is 11.2 Å². The van der Waals surface area contributed by atoms with Gasteiger partial charge in [-0.3, -0.25) is 4.79 Å². The molecule has 0 spiro atoms. The van der Waals surface area contributed by atoms with Gasteiger partial charge in [-0.05, 0) is 93.5 Å². The number of rotatable bonds is 5. The van der Waals surface area contributed by atoms with Gasteiger partial charge < -0.3 is 9.73 Å². The highest BCUT2D eigenvalue weighted by molar-refractivity contribution is 7.89. The summed E-state index contributed by atoms with van der Waals surface area (Å²) in [6.07, 6.45) is 8.18. The van der Waals surface area contributed by atoms with Crippen molar-refractivity contribution in [3.8, 4) is 0 Å². The molecule has 7 heteroatoms. The number of carbonyl (C=O) groups is 1. The van der Waals surface area contributed by atoms with Crippen molar-refractivity contribution in [3.05, 3.63) is 47.9 Å². The average molecular weight is 415 g/mol. The van der Waals surface area contributed by atoms with Gasteiger partial charge in [0.1, 0.15) is 5.76 Å². The maximum atomic E-state index is 13.1. The van der Waals surface area contributed by atoms with Crippen molar-refractivity contribution in [3.63, 3.8) is 0 Å². The van der Waals surface area contributed by atoms with Gasteiger partial charge in [0.25, 0.3) is 5.91 Å². The third-order valence-electron chi connectivity index (χ3n) is 6.92. The lowest BCUT2D eigenvalue weighted by atomic mass is 9.53. The van der Waals surface area contributed by atoms with Crippen LogP contribution in [0, 0.1) is 24.7 Å². The zero-order chi connectivity index (χ0) is 20.2. The molecule has 0 saturated heterocycles. The molecular weight excluding hydrogens is 388 g/mol. The molecule has 0 atom stereocenters. The quantitative estimate of drug-likeness (QED) is 0.771. The Bertz CT molecular complexity index is 1000. The Balaban J connectivity index is 1.30. The standard InChI is InChI=1S/C22H26N2O4S/c1-14-20(6-7-28-14)21(25)23-18-2-4-19(5-3-18)29(26,27)24-22-11-15-8-16(12-22)10-17(9-15)13-22/h2-7,15-17,24H,8-13H2,1H3,(H,23,25). The highest BCUT2D eigenvalue weighted by Gasteiger charge is 2.52. The molecule has 1 aromatic carbocycles. The minimum Gasteiger partial charge on any atom is -0.469 e. The normalized spacial score (nSPS) is 30.4. The summed E-state index contributed by atoms with van der Waals surface area (Å²) in [7, 11) is -3.60. The molecule has 29 heavy (non-hydrogen) atoms. The minimum absolute atomic E-state index is 0.241. The van der Waals surface area contributed by atoms with E-state index in [1.165, 1.54) is 25.5 Å². The predicted octanol–water partition coefficient (Wildman–Crippen LogP) is 4.09. The van der Waals surface area contributed by atoms with Crippen molar-refractivity contribution in [2.75, 3.05) is 5.32 Å². The van der Waals surface area contributed by atoms with Gasteiger partial charge >= 0.3 is 0 Å². The topological polar surface area (TPSA) is 88.4 Å². The van der Waals surface area contributed by atoms with Crippen LogP contribution in [-0.2, 0) is 10.0 Å². The first kappa shape index (κ1) is 18.9. The summed E-state index contributed by atoms with van der Waals surface area (Å²) in [5, 5.41) is 2.78. The van der Waals surface area contributed by atoms with Crippen LogP contribution >= 0.6 is 0 Å². The lowest BCUT2D eigenvalue weighted by Gasteiger charge is -2.56. The van der Waals surface area contributed by atoms with Gasteiger partial charge in [0.05, 0.1) is 16.7 Å². The molecule has 0 aliphatic heterocycles. The minimum atomic E-state index is -3.60. The Morgan fingerprint density at radius 3 is 2.10 bits per heavy atom. The largest absolute Gasteiger partial charge is 0.469 e. The lowest BCUT2D eigenvalue weighted by Crippen LogP contribution is -2.59. The fourth-order valence-corrected chi connectivity index (χ4v) is 7.55. The predicted molar refractivity (Wildman–Crippen MR) is 109 cm³/mol. The van der Waals surface area contributed by atoms with E-state index in [9.17, 15) is 13.2 Å². The highest BCUT2D eigenvalue weighted by atomic mass is 32.2. The summed E-state index contributed by atoms with van der Waals surface area (Å²) in [5.41, 5.74) is 0.744. The highest BCUT2D eigenvalue weighted by Crippen LogP contribution is 2.55. The molecule has 2 N–H and O–H groups in total. The second kappa shape index (κ2) is 6.71. The maximum Gasteiger partial charge on any atom is 0.259 e. The third kappa shape index (κ3) is 3.51. The van der Waals surface area contributed by atoms with Crippen molar-refractivity contribution in [2.45, 2.75) is 55.9 Å². The first-order valence-electron chi connectivity index (χ1n) is 10.3. The molecule has 1 aromatic heterocycles. The van der Waals surface area contributed by atoms with Crippen molar-refractivity contribution in [1.29, 1.82) is 0 Å². The van der Waals surface area contributed by atoms with E-state index in [-0.39, 0.29) is 16.3 Å². The second-order valence-electron chi connectivity index (χ2n) is 9.17. The number of sulfonamides is 1. The summed E-state index contributed by atoms with van der Waals surface area (Å²) in [5.74, 6) is 2.29. The zero-order valence-corrected chi connectivity index (χ0v) is 17.3. The molecule has 4 saturated carbocycles. The molecule has 1 amide bonds. The number of aryl methyl sites for hydroxylation is 1. The fourth-order valence-electron chi connectivity index (χ4n) is 6.12. The lowest BCUT2D eigenvalue weighted by molar-refractivity contribution is -0.00810. The van der Waals surface area contributed by atoms with E-state index in [2.05, 4.69) is 10.0 Å². The van der Waals surface area contributed by atoms with Crippen LogP contribution in [0.2, 0.25) is 0 Å². The fraction of sp³-hybridized carbons (Fsp3) is 0.500. The Labute approximate surface area is 171 Å². The van der Waals surface area contributed by atoms with E-state index in [0.29, 0.717) is 34.8 Å². The third-order valence-corrected chi connectivity index (χ3v) is 8.51. The Kier molecular flexibility index (Phi) is 4.37. The average Bonchev–Trinajstić information content (AvgIpc) is 3.06. The van der Waals surface area contributed by atoms with Crippen LogP contribution in [0.15, 0.2) is 45.9 Å². The number of benzene rings is 1. The molecule has 1 heterocycles. The van der Waals surface area contributed by atoms with Crippen LogP contribution in [0.3, 0.4) is 0 Å². The van der Waals surface area contributed by atoms with E-state index in [1.54, 1.807) is 37.3 Å². The Hall–Kier alpha value is -2.12. The smallest absolute Gasteiger partial charge is 0.259 e. The van der Waals surface area contributed by atoms with Crippen molar-refractivity contribution < 1.29 is 17.6 Å². The summed E-state index contributed by atoms with van der Waals surface area (Å²) < 4.78 is 34.4. The van der Waals surface area contributed by atoms with E-state index >= 15 is 0 Å². The van der Waals surface area contributed by atoms with Crippen LogP contribution in [0.1, 0.15) is 54.6 Å². The van der Waals surface area contributed by atoms with E-state index in [0.717, 1.165) is 19.3 Å². The van der Waals surface area contributed by atoms with Crippen molar-refractivity contribution in [1.82, 2.24) is 4.72 Å². The number of furan rings is 1. The number of anilines is 1. The molecule has 2 aromatic rings. The first-order chi connectivity index (χ1) is 13.8. The van der Waals surface area contributed by atoms with E-state index < -0.39 is 10.0 Å². The molecule has 4 aliphatic carbocycles. The summed E-state index contributed by atoms with van der Waals surface area (Å²) in [6.45, 7) is 1.72. The van der Waals surface area contributed by atoms with Crippen LogP contribution in [-0.4, -0.2) is 19.9 Å². The maximum absolute atomic E-state index is 13.1. The molecule has 4 fully saturated rings. The molecule has 0 radical (unpaired) electrons. The number of carbonyl (C=O) groups excluding carboxylic acids is 1. The zero-order valence-electron chi connectivity index (χ0n) is 16.5. The van der Waals surface area contributed by atoms with Crippen molar-refractivity contribution >= 4 is 21.6 Å². The van der Waals surface area contributed by atoms with E-state index in [1.807, 2.05) is 0 Å². The van der Waals surface area contributed by atoms with E-state index in [4.69, 9.17) is 4.42 Å². The van der Waals surface area contributed by atoms with Gasteiger partial charge in [0.2, 0.25) is 10.0 Å². The Morgan fingerprint density at radius 1 is 1.00 bits per heavy atom. The molecule has 4 bridgehead atoms. The number of amides is 1. The SMILES string of the molecule is Cc1occc1C(=O)Nc1ccc(S(=O)(=O)NC23CC4CC(CC(C4)C2)C3)cc1. The van der Waals surface area contributed by atoms with Crippen molar-refractivity contribution in [2.24, 2.45) is 17.8 Å². The van der Waals surface area contributed by atoms with Gasteiger partial charge in [0.15, 0.2) is 0 Å². The molecular formula is C22H26N2O4S. The molecule has 0 unspecified atom stereocenters. The second-order valence-corrected chi connectivity index (χ2v) is 10.9. The van der Waals surface area contributed by atoms with Gasteiger partial charge in [-0.1, -0.05) is 0 Å². The summed E-state index contributed by atoms with van der Waals surface area (Å²) in [6, 6.07) is 7.98. The number of nitrogens with one attached hydrogen (secondary N) is 2. The van der Waals surface area contributed by atoms with Gasteiger partial charge in [-0.15, -0.1) is 0 Å². The molecule has 4 aliphatic rings. The number of hydrogen-bond acceptors (Lipinski definition) is 4. The van der Waals surface area contributed by atoms with Crippen LogP contribution in [0.5, 0.6) is 0 Å². The summed E-state index contributed by atoms with van der Waals surface area (Å²) in [4.78, 5) is 12.5. The van der Waals surface area contributed by atoms with Gasteiger partial charge in [-0.25, -0.2) is 13.1 Å². The molecule has 6 nitrogen and oxygen atoms in total. The van der Waals surface area contributed by atoms with Crippen LogP contribution in [0.25, 0.3) is 0 Å².